The van der Waals surface area contributed by atoms with Gasteiger partial charge in [0.25, 0.3) is 0 Å². The predicted molar refractivity (Wildman–Crippen MR) is 81.6 cm³/mol. The van der Waals surface area contributed by atoms with Crippen LogP contribution in [0.25, 0.3) is 10.9 Å². The van der Waals surface area contributed by atoms with Crippen LogP contribution in [0, 0.1) is 13.8 Å². The van der Waals surface area contributed by atoms with E-state index in [1.807, 2.05) is 13.0 Å². The molecule has 3 aromatic rings. The molecule has 0 fully saturated rings. The van der Waals surface area contributed by atoms with Crippen LogP contribution in [0.15, 0.2) is 42.5 Å². The van der Waals surface area contributed by atoms with E-state index in [4.69, 9.17) is 5.73 Å². The number of hydrogen-bond acceptors (Lipinski definition) is 3. The highest BCUT2D eigenvalue weighted by atomic mass is 32.1. The van der Waals surface area contributed by atoms with Crippen molar-refractivity contribution in [1.82, 2.24) is 4.98 Å². The van der Waals surface area contributed by atoms with Crippen molar-refractivity contribution in [3.63, 3.8) is 0 Å². The zero-order chi connectivity index (χ0) is 13.4. The average molecular weight is 268 g/mol. The van der Waals surface area contributed by atoms with Gasteiger partial charge in [-0.15, -0.1) is 11.3 Å². The normalized spacial score (nSPS) is 12.8. The number of nitrogens with two attached hydrogens (primary N) is 1. The van der Waals surface area contributed by atoms with E-state index in [1.165, 1.54) is 9.75 Å². The molecule has 0 aliphatic heterocycles. The largest absolute Gasteiger partial charge is 0.320 e. The molecule has 0 aliphatic carbocycles. The number of pyridine rings is 1. The molecule has 0 saturated carbocycles. The van der Waals surface area contributed by atoms with Crippen LogP contribution in [0.1, 0.15) is 27.1 Å². The lowest BCUT2D eigenvalue weighted by Gasteiger charge is -2.11. The highest BCUT2D eigenvalue weighted by Gasteiger charge is 2.11. The Kier molecular flexibility index (Phi) is 3.09. The van der Waals surface area contributed by atoms with Gasteiger partial charge in [-0.05, 0) is 49.7 Å². The zero-order valence-corrected chi connectivity index (χ0v) is 11.9. The van der Waals surface area contributed by atoms with Gasteiger partial charge in [0.05, 0.1) is 11.6 Å². The third-order valence-corrected chi connectivity index (χ3v) is 4.36. The summed E-state index contributed by atoms with van der Waals surface area (Å²) in [4.78, 5) is 7.02. The van der Waals surface area contributed by atoms with Gasteiger partial charge in [-0.3, -0.25) is 4.98 Å². The number of rotatable bonds is 2. The first kappa shape index (κ1) is 12.3. The molecule has 0 saturated heterocycles. The standard InChI is InChI=1S/C16H16N2S/c1-10-3-5-12-9-13(6-7-14(12)18-10)16(17)15-8-4-11(2)19-15/h3-9,16H,17H2,1-2H3. The number of hydrogen-bond donors (Lipinski definition) is 1. The van der Waals surface area contributed by atoms with Gasteiger partial charge in [0.2, 0.25) is 0 Å². The third kappa shape index (κ3) is 2.39. The molecular weight excluding hydrogens is 252 g/mol. The van der Waals surface area contributed by atoms with Crippen molar-refractivity contribution >= 4 is 22.2 Å². The van der Waals surface area contributed by atoms with Crippen molar-refractivity contribution in [2.24, 2.45) is 5.73 Å². The van der Waals surface area contributed by atoms with E-state index in [9.17, 15) is 0 Å². The highest BCUT2D eigenvalue weighted by molar-refractivity contribution is 7.12. The molecule has 3 rings (SSSR count). The molecule has 0 aliphatic rings. The summed E-state index contributed by atoms with van der Waals surface area (Å²) >= 11 is 1.76. The third-order valence-electron chi connectivity index (χ3n) is 3.28. The lowest BCUT2D eigenvalue weighted by molar-refractivity contribution is 0.895. The summed E-state index contributed by atoms with van der Waals surface area (Å²) in [6, 6.07) is 14.6. The molecule has 1 atom stereocenters. The fourth-order valence-electron chi connectivity index (χ4n) is 2.22. The molecule has 0 bridgehead atoms. The molecule has 2 N–H and O–H groups in total. The Bertz CT molecular complexity index is 730. The molecule has 2 nitrogen and oxygen atoms in total. The van der Waals surface area contributed by atoms with Crippen molar-refractivity contribution < 1.29 is 0 Å². The SMILES string of the molecule is Cc1ccc2cc(C(N)c3ccc(C)s3)ccc2n1. The summed E-state index contributed by atoms with van der Waals surface area (Å²) in [5.74, 6) is 0. The van der Waals surface area contributed by atoms with E-state index in [1.54, 1.807) is 11.3 Å². The molecule has 1 aromatic carbocycles. The van der Waals surface area contributed by atoms with E-state index in [2.05, 4.69) is 48.3 Å². The minimum Gasteiger partial charge on any atom is -0.320 e. The van der Waals surface area contributed by atoms with Crippen LogP contribution in [-0.4, -0.2) is 4.98 Å². The lowest BCUT2D eigenvalue weighted by Crippen LogP contribution is -2.10. The summed E-state index contributed by atoms with van der Waals surface area (Å²) in [5, 5.41) is 1.15. The van der Waals surface area contributed by atoms with Crippen molar-refractivity contribution in [3.8, 4) is 0 Å². The Morgan fingerprint density at radius 1 is 1.05 bits per heavy atom. The summed E-state index contributed by atoms with van der Waals surface area (Å²) < 4.78 is 0. The molecule has 96 valence electrons. The Labute approximate surface area is 116 Å². The molecule has 2 aromatic heterocycles. The number of fused-ring (bicyclic) bond motifs is 1. The van der Waals surface area contributed by atoms with Gasteiger partial charge in [0.1, 0.15) is 0 Å². The number of benzene rings is 1. The zero-order valence-electron chi connectivity index (χ0n) is 11.1. The van der Waals surface area contributed by atoms with Gasteiger partial charge in [0, 0.05) is 20.8 Å². The first-order valence-electron chi connectivity index (χ1n) is 6.33. The molecular formula is C16H16N2S. The molecule has 2 heterocycles. The monoisotopic (exact) mass is 268 g/mol. The van der Waals surface area contributed by atoms with Gasteiger partial charge >= 0.3 is 0 Å². The number of thiophene rings is 1. The minimum atomic E-state index is -0.0515. The van der Waals surface area contributed by atoms with Crippen molar-refractivity contribution in [3.05, 3.63) is 63.5 Å². The van der Waals surface area contributed by atoms with Crippen LogP contribution in [0.5, 0.6) is 0 Å². The van der Waals surface area contributed by atoms with Crippen molar-refractivity contribution in [2.75, 3.05) is 0 Å². The minimum absolute atomic E-state index is 0.0515. The van der Waals surface area contributed by atoms with E-state index < -0.39 is 0 Å². The number of aryl methyl sites for hydroxylation is 2. The van der Waals surface area contributed by atoms with Crippen molar-refractivity contribution in [2.45, 2.75) is 19.9 Å². The topological polar surface area (TPSA) is 38.9 Å². The maximum atomic E-state index is 6.34. The quantitative estimate of drug-likeness (QED) is 0.764. The van der Waals surface area contributed by atoms with E-state index in [0.29, 0.717) is 0 Å². The molecule has 1 unspecified atom stereocenters. The second-order valence-electron chi connectivity index (χ2n) is 4.83. The second kappa shape index (κ2) is 4.76. The summed E-state index contributed by atoms with van der Waals surface area (Å²) in [6.45, 7) is 4.11. The van der Waals surface area contributed by atoms with Gasteiger partial charge in [-0.1, -0.05) is 12.1 Å². The van der Waals surface area contributed by atoms with E-state index >= 15 is 0 Å². The second-order valence-corrected chi connectivity index (χ2v) is 6.15. The average Bonchev–Trinajstić information content (AvgIpc) is 2.84. The van der Waals surface area contributed by atoms with Gasteiger partial charge in [-0.2, -0.15) is 0 Å². The lowest BCUT2D eigenvalue weighted by atomic mass is 10.0. The first-order chi connectivity index (χ1) is 9.13. The van der Waals surface area contributed by atoms with Crippen molar-refractivity contribution in [1.29, 1.82) is 0 Å². The van der Waals surface area contributed by atoms with Gasteiger partial charge < -0.3 is 5.73 Å². The Morgan fingerprint density at radius 2 is 1.89 bits per heavy atom. The smallest absolute Gasteiger partial charge is 0.0705 e. The fourth-order valence-corrected chi connectivity index (χ4v) is 3.13. The van der Waals surface area contributed by atoms with Crippen LogP contribution < -0.4 is 5.73 Å². The summed E-state index contributed by atoms with van der Waals surface area (Å²) in [7, 11) is 0. The maximum Gasteiger partial charge on any atom is 0.0705 e. The Hall–Kier alpha value is -1.71. The van der Waals surface area contributed by atoms with E-state index in [0.717, 1.165) is 22.2 Å². The van der Waals surface area contributed by atoms with Crippen LogP contribution in [-0.2, 0) is 0 Å². The van der Waals surface area contributed by atoms with Crippen LogP contribution in [0.4, 0.5) is 0 Å². The maximum absolute atomic E-state index is 6.34. The van der Waals surface area contributed by atoms with Crippen LogP contribution >= 0.6 is 11.3 Å². The molecule has 3 heteroatoms. The van der Waals surface area contributed by atoms with Gasteiger partial charge in [-0.25, -0.2) is 0 Å². The molecule has 0 amide bonds. The molecule has 19 heavy (non-hydrogen) atoms. The summed E-state index contributed by atoms with van der Waals surface area (Å²) in [6.07, 6.45) is 0. The number of nitrogens with zero attached hydrogens (tertiary/aromatic N) is 1. The highest BCUT2D eigenvalue weighted by Crippen LogP contribution is 2.28. The predicted octanol–water partition coefficient (Wildman–Crippen LogP) is 3.96. The fraction of sp³-hybridized carbons (Fsp3) is 0.188. The first-order valence-corrected chi connectivity index (χ1v) is 7.14. The Morgan fingerprint density at radius 3 is 2.63 bits per heavy atom. The van der Waals surface area contributed by atoms with E-state index in [-0.39, 0.29) is 6.04 Å². The Balaban J connectivity index is 2.03. The number of aromatic nitrogens is 1. The van der Waals surface area contributed by atoms with Crippen LogP contribution in [0.2, 0.25) is 0 Å². The van der Waals surface area contributed by atoms with Gasteiger partial charge in [0.15, 0.2) is 0 Å². The summed E-state index contributed by atoms with van der Waals surface area (Å²) in [5.41, 5.74) is 9.55. The molecule has 0 spiro atoms. The van der Waals surface area contributed by atoms with Crippen LogP contribution in [0.3, 0.4) is 0 Å². The molecule has 0 radical (unpaired) electrons.